The molecule has 2 aliphatic heterocycles. The van der Waals surface area contributed by atoms with Gasteiger partial charge in [0.15, 0.2) is 0 Å². The number of nitrogens with zero attached hydrogens (tertiary/aromatic N) is 3. The van der Waals surface area contributed by atoms with E-state index in [0.29, 0.717) is 30.9 Å². The number of rotatable bonds is 5. The second-order valence-electron chi connectivity index (χ2n) is 10.5. The Morgan fingerprint density at radius 3 is 2.86 bits per heavy atom. The Bertz CT molecular complexity index is 1390. The molecule has 1 unspecified atom stereocenters. The van der Waals surface area contributed by atoms with E-state index < -0.39 is 0 Å². The number of allylic oxidation sites excluding steroid dienone is 1. The number of benzene rings is 1. The lowest BCUT2D eigenvalue weighted by Crippen LogP contribution is -2.39. The highest BCUT2D eigenvalue weighted by Crippen LogP contribution is 2.36. The summed E-state index contributed by atoms with van der Waals surface area (Å²) in [7, 11) is 0. The molecule has 1 aliphatic carbocycles. The standard InChI is InChI=1S/C29H34N6O/c1-17-13-33-28-23(17)12-21(15-34-28)20-10-19-7-9-35(16-25(19)24(11-20)26-4-3-8-31-26)29(36)27(30)18(2)14-32-22-5-6-22/h10-15,22,26,31H,3-9,16,30H2,1-2H3,(H,33,34). The van der Waals surface area contributed by atoms with Crippen LogP contribution in [0.4, 0.5) is 0 Å². The van der Waals surface area contributed by atoms with Crippen LogP contribution in [0.5, 0.6) is 0 Å². The second-order valence-corrected chi connectivity index (χ2v) is 10.5. The van der Waals surface area contributed by atoms with Crippen molar-refractivity contribution in [3.8, 4) is 11.1 Å². The fourth-order valence-electron chi connectivity index (χ4n) is 5.44. The van der Waals surface area contributed by atoms with Crippen molar-refractivity contribution in [2.75, 3.05) is 13.1 Å². The summed E-state index contributed by atoms with van der Waals surface area (Å²) in [5, 5.41) is 4.84. The zero-order valence-electron chi connectivity index (χ0n) is 21.1. The predicted octanol–water partition coefficient (Wildman–Crippen LogP) is 4.31. The number of nitrogens with one attached hydrogen (secondary N) is 2. The Kier molecular flexibility index (Phi) is 5.88. The van der Waals surface area contributed by atoms with Crippen LogP contribution in [0.3, 0.4) is 0 Å². The number of aliphatic imine (C=N–C) groups is 1. The maximum atomic E-state index is 13.3. The van der Waals surface area contributed by atoms with Gasteiger partial charge >= 0.3 is 0 Å². The molecule has 1 saturated carbocycles. The van der Waals surface area contributed by atoms with Gasteiger partial charge in [-0.15, -0.1) is 0 Å². The third-order valence-corrected chi connectivity index (χ3v) is 7.85. The Hall–Kier alpha value is -3.45. The van der Waals surface area contributed by atoms with E-state index in [1.54, 1.807) is 6.21 Å². The molecule has 1 amide bonds. The number of fused-ring (bicyclic) bond motifs is 2. The molecule has 1 saturated heterocycles. The molecule has 0 spiro atoms. The second kappa shape index (κ2) is 9.21. The summed E-state index contributed by atoms with van der Waals surface area (Å²) < 4.78 is 0. The van der Waals surface area contributed by atoms with Gasteiger partial charge in [-0.25, -0.2) is 4.98 Å². The number of amides is 1. The third-order valence-electron chi connectivity index (χ3n) is 7.85. The van der Waals surface area contributed by atoms with Gasteiger partial charge in [-0.05, 0) is 98.0 Å². The molecule has 0 bridgehead atoms. The fraction of sp³-hybridized carbons (Fsp3) is 0.414. The van der Waals surface area contributed by atoms with Crippen LogP contribution in [0.25, 0.3) is 22.2 Å². The Morgan fingerprint density at radius 2 is 2.08 bits per heavy atom. The first-order chi connectivity index (χ1) is 17.5. The number of carbonyl (C=O) groups is 1. The number of aryl methyl sites for hydroxylation is 1. The van der Waals surface area contributed by atoms with Crippen molar-refractivity contribution in [1.82, 2.24) is 20.2 Å². The van der Waals surface area contributed by atoms with Gasteiger partial charge in [-0.3, -0.25) is 9.79 Å². The van der Waals surface area contributed by atoms with E-state index in [2.05, 4.69) is 45.4 Å². The lowest BCUT2D eigenvalue weighted by atomic mass is 9.87. The molecule has 6 rings (SSSR count). The largest absolute Gasteiger partial charge is 0.394 e. The SMILES string of the molecule is CC(C=NC1CC1)=C(N)C(=O)N1CCc2cc(-c3cnc4[nH]cc(C)c4c3)cc(C3CCCN3)c2C1. The molecule has 7 nitrogen and oxygen atoms in total. The number of H-pyrrole nitrogens is 1. The normalized spacial score (nSPS) is 20.7. The zero-order chi connectivity index (χ0) is 24.8. The highest BCUT2D eigenvalue weighted by atomic mass is 16.2. The summed E-state index contributed by atoms with van der Waals surface area (Å²) in [6.45, 7) is 6.26. The molecule has 7 heteroatoms. The summed E-state index contributed by atoms with van der Waals surface area (Å²) in [5.41, 5.74) is 15.7. The molecule has 2 aromatic heterocycles. The minimum Gasteiger partial charge on any atom is -0.394 e. The quantitative estimate of drug-likeness (QED) is 0.373. The Morgan fingerprint density at radius 1 is 1.22 bits per heavy atom. The third kappa shape index (κ3) is 4.32. The summed E-state index contributed by atoms with van der Waals surface area (Å²) in [5.74, 6) is -0.0904. The number of hydrogen-bond donors (Lipinski definition) is 3. The molecular weight excluding hydrogens is 448 g/mol. The number of carbonyl (C=O) groups excluding carboxylic acids is 1. The van der Waals surface area contributed by atoms with Crippen LogP contribution in [0.2, 0.25) is 0 Å². The predicted molar refractivity (Wildman–Crippen MR) is 144 cm³/mol. The van der Waals surface area contributed by atoms with Gasteiger partial charge in [0, 0.05) is 48.7 Å². The van der Waals surface area contributed by atoms with E-state index in [1.165, 1.54) is 27.8 Å². The molecule has 1 atom stereocenters. The molecule has 186 valence electrons. The Balaban J connectivity index is 1.34. The summed E-state index contributed by atoms with van der Waals surface area (Å²) in [6, 6.07) is 7.57. The highest BCUT2D eigenvalue weighted by molar-refractivity contribution is 5.99. The maximum absolute atomic E-state index is 13.3. The number of nitrogens with two attached hydrogens (primary N) is 1. The van der Waals surface area contributed by atoms with E-state index in [4.69, 9.17) is 5.73 Å². The lowest BCUT2D eigenvalue weighted by molar-refractivity contribution is -0.128. The summed E-state index contributed by atoms with van der Waals surface area (Å²) in [4.78, 5) is 27.6. The van der Waals surface area contributed by atoms with Gasteiger partial charge in [0.2, 0.25) is 0 Å². The highest BCUT2D eigenvalue weighted by Gasteiger charge is 2.29. The van der Waals surface area contributed by atoms with Crippen LogP contribution in [-0.4, -0.2) is 46.1 Å². The number of aromatic nitrogens is 2. The molecule has 4 N–H and O–H groups in total. The van der Waals surface area contributed by atoms with E-state index in [1.807, 2.05) is 24.2 Å². The molecule has 36 heavy (non-hydrogen) atoms. The number of pyridine rings is 1. The van der Waals surface area contributed by atoms with Crippen LogP contribution < -0.4 is 11.1 Å². The van der Waals surface area contributed by atoms with E-state index in [-0.39, 0.29) is 5.91 Å². The van der Waals surface area contributed by atoms with Crippen molar-refractivity contribution in [2.45, 2.75) is 64.6 Å². The number of hydrogen-bond acceptors (Lipinski definition) is 5. The maximum Gasteiger partial charge on any atom is 0.270 e. The first-order valence-electron chi connectivity index (χ1n) is 13.1. The van der Waals surface area contributed by atoms with Crippen LogP contribution in [0, 0.1) is 6.92 Å². The van der Waals surface area contributed by atoms with Crippen molar-refractivity contribution in [3.05, 3.63) is 64.1 Å². The van der Waals surface area contributed by atoms with E-state index >= 15 is 0 Å². The number of aromatic amines is 1. The van der Waals surface area contributed by atoms with E-state index in [9.17, 15) is 4.79 Å². The molecule has 3 aliphatic rings. The first-order valence-corrected chi connectivity index (χ1v) is 13.1. The van der Waals surface area contributed by atoms with Crippen LogP contribution in [-0.2, 0) is 17.8 Å². The molecule has 2 fully saturated rings. The summed E-state index contributed by atoms with van der Waals surface area (Å²) in [6.07, 6.45) is 11.1. The lowest BCUT2D eigenvalue weighted by Gasteiger charge is -2.32. The van der Waals surface area contributed by atoms with Gasteiger partial charge in [0.05, 0.1) is 6.04 Å². The molecule has 1 aromatic carbocycles. The zero-order valence-corrected chi connectivity index (χ0v) is 21.1. The Labute approximate surface area is 211 Å². The van der Waals surface area contributed by atoms with Crippen molar-refractivity contribution in [2.24, 2.45) is 10.7 Å². The first kappa shape index (κ1) is 23.0. The van der Waals surface area contributed by atoms with Crippen molar-refractivity contribution in [3.63, 3.8) is 0 Å². The van der Waals surface area contributed by atoms with Crippen LogP contribution >= 0.6 is 0 Å². The average Bonchev–Trinajstić information content (AvgIpc) is 3.43. The minimum atomic E-state index is -0.0904. The molecular formula is C29H34N6O. The van der Waals surface area contributed by atoms with Crippen LogP contribution in [0.15, 0.2) is 46.9 Å². The topological polar surface area (TPSA) is 99.4 Å². The molecule has 4 heterocycles. The van der Waals surface area contributed by atoms with Crippen molar-refractivity contribution in [1.29, 1.82) is 0 Å². The van der Waals surface area contributed by atoms with Crippen molar-refractivity contribution < 1.29 is 4.79 Å². The van der Waals surface area contributed by atoms with Gasteiger partial charge in [0.25, 0.3) is 5.91 Å². The minimum absolute atomic E-state index is 0.0904. The summed E-state index contributed by atoms with van der Waals surface area (Å²) >= 11 is 0. The van der Waals surface area contributed by atoms with Gasteiger partial charge < -0.3 is 20.9 Å². The molecule has 0 radical (unpaired) electrons. The monoisotopic (exact) mass is 482 g/mol. The van der Waals surface area contributed by atoms with Crippen LogP contribution in [0.1, 0.15) is 60.9 Å². The van der Waals surface area contributed by atoms with Gasteiger partial charge in [0.1, 0.15) is 11.3 Å². The smallest absolute Gasteiger partial charge is 0.270 e. The van der Waals surface area contributed by atoms with Crippen molar-refractivity contribution >= 4 is 23.2 Å². The fourth-order valence-corrected chi connectivity index (χ4v) is 5.44. The van der Waals surface area contributed by atoms with Gasteiger partial charge in [-0.2, -0.15) is 0 Å². The van der Waals surface area contributed by atoms with E-state index in [0.717, 1.165) is 60.8 Å². The average molecular weight is 483 g/mol. The van der Waals surface area contributed by atoms with Gasteiger partial charge in [-0.1, -0.05) is 6.07 Å². The molecule has 3 aromatic rings.